The summed E-state index contributed by atoms with van der Waals surface area (Å²) in [4.78, 5) is 12.0. The summed E-state index contributed by atoms with van der Waals surface area (Å²) in [5.74, 6) is -0.335. The summed E-state index contributed by atoms with van der Waals surface area (Å²) in [6.07, 6.45) is 0.541. The minimum atomic E-state index is -0.382. The molecule has 0 aromatic heterocycles. The van der Waals surface area contributed by atoms with Crippen molar-refractivity contribution in [2.24, 2.45) is 0 Å². The highest BCUT2D eigenvalue weighted by atomic mass is 19.1. The lowest BCUT2D eigenvalue weighted by molar-refractivity contribution is 0.181. The van der Waals surface area contributed by atoms with Crippen molar-refractivity contribution >= 4 is 6.03 Å². The van der Waals surface area contributed by atoms with E-state index in [2.05, 4.69) is 10.6 Å². The number of carbonyl (C=O) groups is 1. The molecule has 0 saturated carbocycles. The van der Waals surface area contributed by atoms with Gasteiger partial charge in [0.15, 0.2) is 0 Å². The topological polar surface area (TPSA) is 70.6 Å². The van der Waals surface area contributed by atoms with Crippen LogP contribution in [-0.4, -0.2) is 30.9 Å². The van der Waals surface area contributed by atoms with Gasteiger partial charge in [0.05, 0.1) is 19.3 Å². The molecule has 3 N–H and O–H groups in total. The summed E-state index contributed by atoms with van der Waals surface area (Å²) in [5, 5.41) is 14.9. The molecule has 2 rings (SSSR count). The van der Waals surface area contributed by atoms with Crippen LogP contribution in [0.3, 0.4) is 0 Å². The fraction of sp³-hybridized carbons (Fsp3) is 0.316. The van der Waals surface area contributed by atoms with Gasteiger partial charge >= 0.3 is 6.03 Å². The number of carbonyl (C=O) groups excluding carboxylic acids is 1. The van der Waals surface area contributed by atoms with Crippen LogP contribution in [0, 0.1) is 5.82 Å². The Morgan fingerprint density at radius 1 is 1.20 bits per heavy atom. The van der Waals surface area contributed by atoms with Crippen molar-refractivity contribution < 1.29 is 19.0 Å². The van der Waals surface area contributed by atoms with E-state index in [4.69, 9.17) is 4.74 Å². The summed E-state index contributed by atoms with van der Waals surface area (Å²) in [6.45, 7) is 0.276. The number of methoxy groups -OCH3 is 1. The van der Waals surface area contributed by atoms with E-state index in [-0.39, 0.29) is 37.6 Å². The van der Waals surface area contributed by atoms with Gasteiger partial charge in [-0.05, 0) is 29.7 Å². The van der Waals surface area contributed by atoms with Crippen LogP contribution in [0.4, 0.5) is 9.18 Å². The van der Waals surface area contributed by atoms with Gasteiger partial charge < -0.3 is 20.5 Å². The van der Waals surface area contributed by atoms with E-state index in [9.17, 15) is 14.3 Å². The normalized spacial score (nSPS) is 11.8. The number of hydrogen-bond acceptors (Lipinski definition) is 3. The number of rotatable bonds is 8. The second-order valence-corrected chi connectivity index (χ2v) is 5.76. The van der Waals surface area contributed by atoms with Crippen molar-refractivity contribution in [2.75, 3.05) is 13.7 Å². The number of aliphatic hydroxyl groups excluding tert-OH is 1. The van der Waals surface area contributed by atoms with E-state index < -0.39 is 0 Å². The number of ether oxygens (including phenoxy) is 1. The molecule has 0 aliphatic rings. The largest absolute Gasteiger partial charge is 0.394 e. The van der Waals surface area contributed by atoms with E-state index in [1.807, 2.05) is 30.3 Å². The third-order valence-electron chi connectivity index (χ3n) is 3.74. The molecule has 2 amide bonds. The van der Waals surface area contributed by atoms with E-state index in [0.717, 1.165) is 11.1 Å². The Morgan fingerprint density at radius 3 is 2.64 bits per heavy atom. The fourth-order valence-corrected chi connectivity index (χ4v) is 2.48. The van der Waals surface area contributed by atoms with Crippen molar-refractivity contribution in [3.05, 3.63) is 71.0 Å². The summed E-state index contributed by atoms with van der Waals surface area (Å²) < 4.78 is 18.5. The number of amides is 2. The van der Waals surface area contributed by atoms with Gasteiger partial charge in [-0.15, -0.1) is 0 Å². The molecule has 0 saturated heterocycles. The maximum absolute atomic E-state index is 13.6. The lowest BCUT2D eigenvalue weighted by Gasteiger charge is -2.17. The first-order valence-corrected chi connectivity index (χ1v) is 8.07. The van der Waals surface area contributed by atoms with Crippen molar-refractivity contribution in [1.82, 2.24) is 10.6 Å². The maximum atomic E-state index is 13.6. The Morgan fingerprint density at radius 2 is 1.96 bits per heavy atom. The Hall–Kier alpha value is -2.44. The molecule has 6 heteroatoms. The van der Waals surface area contributed by atoms with Crippen LogP contribution in [0.2, 0.25) is 0 Å². The second kappa shape index (κ2) is 9.76. The Kier molecular flexibility index (Phi) is 7.37. The van der Waals surface area contributed by atoms with Crippen LogP contribution >= 0.6 is 0 Å². The summed E-state index contributed by atoms with van der Waals surface area (Å²) in [6, 6.07) is 13.5. The van der Waals surface area contributed by atoms with E-state index in [1.165, 1.54) is 13.2 Å². The van der Waals surface area contributed by atoms with Gasteiger partial charge in [-0.25, -0.2) is 9.18 Å². The zero-order valence-corrected chi connectivity index (χ0v) is 14.2. The Balaban J connectivity index is 1.86. The third kappa shape index (κ3) is 6.17. The van der Waals surface area contributed by atoms with Crippen LogP contribution in [-0.2, 0) is 24.3 Å². The van der Waals surface area contributed by atoms with Crippen LogP contribution in [0.25, 0.3) is 0 Å². The lowest BCUT2D eigenvalue weighted by Crippen LogP contribution is -2.44. The molecule has 0 bridgehead atoms. The van der Waals surface area contributed by atoms with Gasteiger partial charge in [-0.1, -0.05) is 36.4 Å². The molecule has 0 spiro atoms. The molecule has 2 aromatic rings. The molecule has 1 unspecified atom stereocenters. The molecule has 0 radical (unpaired) electrons. The van der Waals surface area contributed by atoms with Crippen LogP contribution in [0.1, 0.15) is 16.7 Å². The first kappa shape index (κ1) is 18.9. The predicted octanol–water partition coefficient (Wildman–Crippen LogP) is 2.37. The molecule has 25 heavy (non-hydrogen) atoms. The SMILES string of the molecule is COCc1cc(CNC(=O)NC(CO)Cc2ccccc2)ccc1F. The molecular weight excluding hydrogens is 323 g/mol. The zero-order valence-electron chi connectivity index (χ0n) is 14.2. The van der Waals surface area contributed by atoms with Crippen molar-refractivity contribution in [3.8, 4) is 0 Å². The molecule has 1 atom stereocenters. The average molecular weight is 346 g/mol. The lowest BCUT2D eigenvalue weighted by atomic mass is 10.1. The van der Waals surface area contributed by atoms with E-state index in [0.29, 0.717) is 12.0 Å². The van der Waals surface area contributed by atoms with Crippen molar-refractivity contribution in [1.29, 1.82) is 0 Å². The summed E-state index contributed by atoms with van der Waals surface area (Å²) >= 11 is 0. The summed E-state index contributed by atoms with van der Waals surface area (Å²) in [5.41, 5.74) is 2.25. The number of hydrogen-bond donors (Lipinski definition) is 3. The van der Waals surface area contributed by atoms with E-state index >= 15 is 0 Å². The number of nitrogens with one attached hydrogen (secondary N) is 2. The molecule has 0 heterocycles. The molecule has 0 fully saturated rings. The smallest absolute Gasteiger partial charge is 0.315 e. The second-order valence-electron chi connectivity index (χ2n) is 5.76. The molecular formula is C19H23FN2O3. The van der Waals surface area contributed by atoms with Gasteiger partial charge in [0.2, 0.25) is 0 Å². The monoisotopic (exact) mass is 346 g/mol. The van der Waals surface area contributed by atoms with Gasteiger partial charge in [0.1, 0.15) is 5.82 Å². The fourth-order valence-electron chi connectivity index (χ4n) is 2.48. The minimum absolute atomic E-state index is 0.156. The van der Waals surface area contributed by atoms with Gasteiger partial charge in [-0.3, -0.25) is 0 Å². The highest BCUT2D eigenvalue weighted by Gasteiger charge is 2.12. The molecule has 0 aliphatic heterocycles. The molecule has 2 aromatic carbocycles. The Bertz CT molecular complexity index is 680. The number of aliphatic hydroxyl groups is 1. The quantitative estimate of drug-likeness (QED) is 0.687. The van der Waals surface area contributed by atoms with Gasteiger partial charge in [0, 0.05) is 19.2 Å². The van der Waals surface area contributed by atoms with Crippen LogP contribution in [0.5, 0.6) is 0 Å². The Labute approximate surface area is 146 Å². The molecule has 134 valence electrons. The van der Waals surface area contributed by atoms with Crippen LogP contribution in [0.15, 0.2) is 48.5 Å². The molecule has 0 aliphatic carbocycles. The molecule has 5 nitrogen and oxygen atoms in total. The van der Waals surface area contributed by atoms with E-state index in [1.54, 1.807) is 12.1 Å². The van der Waals surface area contributed by atoms with Gasteiger partial charge in [-0.2, -0.15) is 0 Å². The zero-order chi connectivity index (χ0) is 18.1. The van der Waals surface area contributed by atoms with Crippen LogP contribution < -0.4 is 10.6 Å². The van der Waals surface area contributed by atoms with Crippen molar-refractivity contribution in [2.45, 2.75) is 25.6 Å². The maximum Gasteiger partial charge on any atom is 0.315 e. The number of urea groups is 1. The number of halogens is 1. The summed E-state index contributed by atoms with van der Waals surface area (Å²) in [7, 11) is 1.50. The van der Waals surface area contributed by atoms with Gasteiger partial charge in [0.25, 0.3) is 0 Å². The van der Waals surface area contributed by atoms with Crippen molar-refractivity contribution in [3.63, 3.8) is 0 Å². The minimum Gasteiger partial charge on any atom is -0.394 e. The third-order valence-corrected chi connectivity index (χ3v) is 3.74. The highest BCUT2D eigenvalue weighted by Crippen LogP contribution is 2.11. The predicted molar refractivity (Wildman–Crippen MR) is 93.5 cm³/mol. The average Bonchev–Trinajstić information content (AvgIpc) is 2.63. The highest BCUT2D eigenvalue weighted by molar-refractivity contribution is 5.74. The standard InChI is InChI=1S/C19H23FN2O3/c1-25-13-16-9-15(7-8-18(16)20)11-21-19(24)22-17(12-23)10-14-5-3-2-4-6-14/h2-9,17,23H,10-13H2,1H3,(H2,21,22,24). The number of benzene rings is 2. The first-order valence-electron chi connectivity index (χ1n) is 8.07. The first-order chi connectivity index (χ1) is 12.1.